The molecule has 0 aromatic rings. The van der Waals surface area contributed by atoms with Crippen molar-refractivity contribution in [2.24, 2.45) is 11.8 Å². The summed E-state index contributed by atoms with van der Waals surface area (Å²) in [5, 5.41) is 8.97. The fraction of sp³-hybridized carbons (Fsp3) is 0.909. The fourth-order valence-corrected chi connectivity index (χ4v) is 2.01. The lowest BCUT2D eigenvalue weighted by molar-refractivity contribution is -0.142. The smallest absolute Gasteiger partial charge is 0.308 e. The van der Waals surface area contributed by atoms with Crippen LogP contribution in [-0.2, 0) is 14.3 Å². The van der Waals surface area contributed by atoms with Gasteiger partial charge in [0.25, 0.3) is 0 Å². The first-order chi connectivity index (χ1) is 7.65. The number of methoxy groups -OCH3 is 1. The number of carboxylic acid groups (broad SMARTS) is 1. The van der Waals surface area contributed by atoms with Crippen LogP contribution >= 0.6 is 0 Å². The lowest BCUT2D eigenvalue weighted by atomic mass is 9.99. The number of carbonyl (C=O) groups is 1. The van der Waals surface area contributed by atoms with Crippen molar-refractivity contribution in [2.45, 2.75) is 6.92 Å². The Morgan fingerprint density at radius 3 is 2.69 bits per heavy atom. The summed E-state index contributed by atoms with van der Waals surface area (Å²) in [7, 11) is 1.64. The van der Waals surface area contributed by atoms with Crippen LogP contribution in [0.15, 0.2) is 0 Å². The second-order valence-electron chi connectivity index (χ2n) is 4.29. The molecule has 0 spiro atoms. The summed E-state index contributed by atoms with van der Waals surface area (Å²) in [5.41, 5.74) is 0. The molecule has 0 aromatic carbocycles. The molecule has 2 atom stereocenters. The zero-order chi connectivity index (χ0) is 12.0. The van der Waals surface area contributed by atoms with Crippen molar-refractivity contribution in [3.8, 4) is 0 Å². The van der Waals surface area contributed by atoms with Gasteiger partial charge >= 0.3 is 5.97 Å². The van der Waals surface area contributed by atoms with Crippen LogP contribution in [0.2, 0.25) is 0 Å². The van der Waals surface area contributed by atoms with Crippen molar-refractivity contribution in [3.63, 3.8) is 0 Å². The Bertz CT molecular complexity index is 222. The van der Waals surface area contributed by atoms with Gasteiger partial charge in [0.1, 0.15) is 0 Å². The van der Waals surface area contributed by atoms with Gasteiger partial charge in [-0.2, -0.15) is 0 Å². The van der Waals surface area contributed by atoms with Gasteiger partial charge in [-0.1, -0.05) is 6.92 Å². The van der Waals surface area contributed by atoms with E-state index in [0.717, 1.165) is 13.1 Å². The number of carboxylic acids is 1. The third-order valence-corrected chi connectivity index (χ3v) is 2.99. The molecular weight excluding hydrogens is 210 g/mol. The van der Waals surface area contributed by atoms with Crippen molar-refractivity contribution in [3.05, 3.63) is 0 Å². The van der Waals surface area contributed by atoms with E-state index in [1.807, 2.05) is 6.92 Å². The predicted molar refractivity (Wildman–Crippen MR) is 59.4 cm³/mol. The number of ether oxygens (including phenoxy) is 2. The quantitative estimate of drug-likeness (QED) is 0.639. The standard InChI is InChI=1S/C11H21NO4/c1-9-7-12(8-10(9)11(13)14)3-4-16-6-5-15-2/h9-10H,3-8H2,1-2H3,(H,13,14). The first kappa shape index (κ1) is 13.4. The predicted octanol–water partition coefficient (Wildman–Crippen LogP) is 0.302. The third kappa shape index (κ3) is 4.08. The summed E-state index contributed by atoms with van der Waals surface area (Å²) < 4.78 is 10.2. The summed E-state index contributed by atoms with van der Waals surface area (Å²) >= 11 is 0. The minimum atomic E-state index is -0.685. The topological polar surface area (TPSA) is 59.0 Å². The normalized spacial score (nSPS) is 26.1. The van der Waals surface area contributed by atoms with Crippen LogP contribution in [0, 0.1) is 11.8 Å². The molecule has 0 amide bonds. The van der Waals surface area contributed by atoms with Gasteiger partial charge in [0.2, 0.25) is 0 Å². The number of aliphatic carboxylic acids is 1. The van der Waals surface area contributed by atoms with Gasteiger partial charge in [-0.15, -0.1) is 0 Å². The van der Waals surface area contributed by atoms with Crippen LogP contribution in [0.3, 0.4) is 0 Å². The third-order valence-electron chi connectivity index (χ3n) is 2.99. The molecule has 1 fully saturated rings. The van der Waals surface area contributed by atoms with Crippen LogP contribution in [0.25, 0.3) is 0 Å². The summed E-state index contributed by atoms with van der Waals surface area (Å²) in [6.07, 6.45) is 0. The average molecular weight is 231 g/mol. The maximum absolute atomic E-state index is 10.9. The van der Waals surface area contributed by atoms with Crippen LogP contribution in [0.4, 0.5) is 0 Å². The van der Waals surface area contributed by atoms with Gasteiger partial charge in [0.15, 0.2) is 0 Å². The number of hydrogen-bond donors (Lipinski definition) is 1. The number of hydrogen-bond acceptors (Lipinski definition) is 4. The Balaban J connectivity index is 2.13. The Morgan fingerprint density at radius 2 is 2.12 bits per heavy atom. The van der Waals surface area contributed by atoms with Crippen LogP contribution in [0.5, 0.6) is 0 Å². The first-order valence-electron chi connectivity index (χ1n) is 5.67. The van der Waals surface area contributed by atoms with E-state index in [9.17, 15) is 4.79 Å². The average Bonchev–Trinajstić information content (AvgIpc) is 2.59. The van der Waals surface area contributed by atoms with E-state index >= 15 is 0 Å². The maximum Gasteiger partial charge on any atom is 0.308 e. The van der Waals surface area contributed by atoms with E-state index in [4.69, 9.17) is 14.6 Å². The fourth-order valence-electron chi connectivity index (χ4n) is 2.01. The Kier molecular flexibility index (Phi) is 5.73. The highest BCUT2D eigenvalue weighted by Crippen LogP contribution is 2.22. The van der Waals surface area contributed by atoms with Crippen LogP contribution in [-0.4, -0.2) is 62.5 Å². The van der Waals surface area contributed by atoms with Crippen LogP contribution in [0.1, 0.15) is 6.92 Å². The minimum absolute atomic E-state index is 0.223. The van der Waals surface area contributed by atoms with E-state index in [1.54, 1.807) is 7.11 Å². The van der Waals surface area contributed by atoms with Gasteiger partial charge in [-0.25, -0.2) is 0 Å². The van der Waals surface area contributed by atoms with E-state index in [1.165, 1.54) is 0 Å². The van der Waals surface area contributed by atoms with E-state index in [2.05, 4.69) is 4.90 Å². The molecule has 0 aliphatic carbocycles. The minimum Gasteiger partial charge on any atom is -0.481 e. The van der Waals surface area contributed by atoms with E-state index in [0.29, 0.717) is 26.4 Å². The second kappa shape index (κ2) is 6.83. The van der Waals surface area contributed by atoms with Crippen molar-refractivity contribution >= 4 is 5.97 Å². The Morgan fingerprint density at radius 1 is 1.38 bits per heavy atom. The monoisotopic (exact) mass is 231 g/mol. The highest BCUT2D eigenvalue weighted by molar-refractivity contribution is 5.71. The number of rotatable bonds is 7. The van der Waals surface area contributed by atoms with Crippen LogP contribution < -0.4 is 0 Å². The van der Waals surface area contributed by atoms with Gasteiger partial charge in [0, 0.05) is 26.7 Å². The molecule has 0 aromatic heterocycles. The molecule has 0 radical (unpaired) electrons. The first-order valence-corrected chi connectivity index (χ1v) is 5.67. The SMILES string of the molecule is COCCOCCN1CC(C)C(C(=O)O)C1. The van der Waals surface area contributed by atoms with Crippen molar-refractivity contribution in [2.75, 3.05) is 46.6 Å². The largest absolute Gasteiger partial charge is 0.481 e. The molecule has 1 N–H and O–H groups in total. The molecule has 1 aliphatic rings. The molecule has 1 saturated heterocycles. The summed E-state index contributed by atoms with van der Waals surface area (Å²) in [6, 6.07) is 0. The van der Waals surface area contributed by atoms with Gasteiger partial charge in [-0.05, 0) is 5.92 Å². The summed E-state index contributed by atoms with van der Waals surface area (Å²) in [6.45, 7) is 6.13. The van der Waals surface area contributed by atoms with Crippen molar-refractivity contribution in [1.82, 2.24) is 4.90 Å². The maximum atomic E-state index is 10.9. The lowest BCUT2D eigenvalue weighted by Gasteiger charge is -2.14. The molecule has 16 heavy (non-hydrogen) atoms. The van der Waals surface area contributed by atoms with Gasteiger partial charge in [0.05, 0.1) is 25.7 Å². The summed E-state index contributed by atoms with van der Waals surface area (Å²) in [5.74, 6) is -0.675. The van der Waals surface area contributed by atoms with Crippen molar-refractivity contribution < 1.29 is 19.4 Å². The molecule has 2 unspecified atom stereocenters. The number of likely N-dealkylation sites (tertiary alicyclic amines) is 1. The highest BCUT2D eigenvalue weighted by atomic mass is 16.5. The molecular formula is C11H21NO4. The molecule has 0 bridgehead atoms. The van der Waals surface area contributed by atoms with E-state index in [-0.39, 0.29) is 11.8 Å². The van der Waals surface area contributed by atoms with E-state index < -0.39 is 5.97 Å². The van der Waals surface area contributed by atoms with Crippen molar-refractivity contribution in [1.29, 1.82) is 0 Å². The second-order valence-corrected chi connectivity index (χ2v) is 4.29. The Labute approximate surface area is 96.3 Å². The van der Waals surface area contributed by atoms with Gasteiger partial charge in [-0.3, -0.25) is 9.69 Å². The zero-order valence-electron chi connectivity index (χ0n) is 10.0. The zero-order valence-corrected chi connectivity index (χ0v) is 10.0. The van der Waals surface area contributed by atoms with Gasteiger partial charge < -0.3 is 14.6 Å². The highest BCUT2D eigenvalue weighted by Gasteiger charge is 2.34. The Hall–Kier alpha value is -0.650. The molecule has 5 heteroatoms. The summed E-state index contributed by atoms with van der Waals surface area (Å²) in [4.78, 5) is 13.0. The molecule has 5 nitrogen and oxygen atoms in total. The molecule has 1 rings (SSSR count). The molecule has 94 valence electrons. The molecule has 1 aliphatic heterocycles. The number of nitrogens with zero attached hydrogens (tertiary/aromatic N) is 1. The molecule has 0 saturated carbocycles. The lowest BCUT2D eigenvalue weighted by Crippen LogP contribution is -2.27. The molecule has 1 heterocycles.